The number of likely N-dealkylation sites (tertiary alicyclic amines) is 1. The first-order valence-electron chi connectivity index (χ1n) is 7.44. The number of hydrogen-bond donors (Lipinski definition) is 2. The topological polar surface area (TPSA) is 86.7 Å². The highest BCUT2D eigenvalue weighted by Gasteiger charge is 2.38. The highest BCUT2D eigenvalue weighted by atomic mass is 32.2. The van der Waals surface area contributed by atoms with Gasteiger partial charge in [-0.1, -0.05) is 0 Å². The summed E-state index contributed by atoms with van der Waals surface area (Å²) in [6, 6.07) is 0. The molecule has 1 fully saturated rings. The van der Waals surface area contributed by atoms with Crippen LogP contribution in [0.15, 0.2) is 0 Å². The number of amides is 3. The van der Waals surface area contributed by atoms with Crippen LogP contribution in [-0.4, -0.2) is 56.4 Å². The van der Waals surface area contributed by atoms with Gasteiger partial charge in [0.1, 0.15) is 0 Å². The Bertz CT molecular complexity index is 457. The molecule has 3 amide bonds. The molecule has 0 saturated carbocycles. The molecule has 0 radical (unpaired) electrons. The number of nitrogens with zero attached hydrogens (tertiary/aromatic N) is 1. The molecule has 1 aliphatic heterocycles. The van der Waals surface area contributed by atoms with Crippen molar-refractivity contribution in [2.75, 3.05) is 12.3 Å². The van der Waals surface area contributed by atoms with Gasteiger partial charge in [-0.2, -0.15) is 0 Å². The lowest BCUT2D eigenvalue weighted by Gasteiger charge is -2.32. The van der Waals surface area contributed by atoms with Crippen LogP contribution in [0.2, 0.25) is 0 Å². The summed E-state index contributed by atoms with van der Waals surface area (Å²) in [4.78, 5) is 36.8. The summed E-state index contributed by atoms with van der Waals surface area (Å²) in [5.74, 6) is -0.459. The first kappa shape index (κ1) is 19.0. The number of carbonyl (C=O) groups is 3. The number of rotatable bonds is 7. The highest BCUT2D eigenvalue weighted by Crippen LogP contribution is 2.25. The maximum atomic E-state index is 12.0. The van der Waals surface area contributed by atoms with Crippen molar-refractivity contribution in [3.63, 3.8) is 0 Å². The van der Waals surface area contributed by atoms with Gasteiger partial charge in [-0.05, 0) is 41.0 Å². The molecule has 0 aliphatic carbocycles. The first-order valence-corrected chi connectivity index (χ1v) is 8.49. The van der Waals surface area contributed by atoms with Crippen molar-refractivity contribution in [2.24, 2.45) is 0 Å². The largest absolute Gasteiger partial charge is 0.390 e. The third-order valence-corrected chi connectivity index (χ3v) is 4.49. The van der Waals surface area contributed by atoms with Crippen LogP contribution in [0.4, 0.5) is 0 Å². The molecule has 1 heterocycles. The Kier molecular flexibility index (Phi) is 6.03. The molecule has 22 heavy (non-hydrogen) atoms. The SMILES string of the molecule is CCN1C(=O)CC(SCC(=O)NC(C)(C)CC(C)(C)O)C1=O. The fraction of sp³-hybridized carbons (Fsp3) is 0.800. The minimum Gasteiger partial charge on any atom is -0.390 e. The standard InChI is InChI=1S/C15H26N2O4S/c1-6-17-12(19)7-10(13(17)20)22-8-11(18)16-14(2,3)9-15(4,5)21/h10,21H,6-9H2,1-5H3,(H,16,18). The molecule has 0 spiro atoms. The zero-order valence-corrected chi connectivity index (χ0v) is 14.7. The van der Waals surface area contributed by atoms with Crippen LogP contribution >= 0.6 is 11.8 Å². The average molecular weight is 330 g/mol. The summed E-state index contributed by atoms with van der Waals surface area (Å²) < 4.78 is 0. The third-order valence-electron chi connectivity index (χ3n) is 3.29. The van der Waals surface area contributed by atoms with Crippen LogP contribution in [-0.2, 0) is 14.4 Å². The fourth-order valence-electron chi connectivity index (χ4n) is 2.83. The van der Waals surface area contributed by atoms with E-state index < -0.39 is 16.4 Å². The molecular formula is C15H26N2O4S. The van der Waals surface area contributed by atoms with Crippen LogP contribution in [0, 0.1) is 0 Å². The predicted molar refractivity (Wildman–Crippen MR) is 86.4 cm³/mol. The number of nitrogens with one attached hydrogen (secondary N) is 1. The van der Waals surface area contributed by atoms with E-state index in [1.54, 1.807) is 20.8 Å². The molecular weight excluding hydrogens is 304 g/mol. The molecule has 0 aromatic heterocycles. The van der Waals surface area contributed by atoms with Gasteiger partial charge in [0.05, 0.1) is 16.6 Å². The monoisotopic (exact) mass is 330 g/mol. The molecule has 1 saturated heterocycles. The van der Waals surface area contributed by atoms with Gasteiger partial charge >= 0.3 is 0 Å². The second kappa shape index (κ2) is 7.00. The molecule has 0 aromatic rings. The van der Waals surface area contributed by atoms with E-state index in [1.165, 1.54) is 16.7 Å². The number of imide groups is 1. The molecule has 1 unspecified atom stereocenters. The van der Waals surface area contributed by atoms with Crippen molar-refractivity contribution in [3.05, 3.63) is 0 Å². The highest BCUT2D eigenvalue weighted by molar-refractivity contribution is 8.01. The summed E-state index contributed by atoms with van der Waals surface area (Å²) >= 11 is 1.20. The quantitative estimate of drug-likeness (QED) is 0.678. The van der Waals surface area contributed by atoms with Crippen LogP contribution in [0.25, 0.3) is 0 Å². The summed E-state index contributed by atoms with van der Waals surface area (Å²) in [6.07, 6.45) is 0.582. The number of carbonyl (C=O) groups excluding carboxylic acids is 3. The van der Waals surface area contributed by atoms with E-state index in [0.29, 0.717) is 13.0 Å². The smallest absolute Gasteiger partial charge is 0.242 e. The van der Waals surface area contributed by atoms with Crippen LogP contribution in [0.3, 0.4) is 0 Å². The van der Waals surface area contributed by atoms with Crippen molar-refractivity contribution in [1.82, 2.24) is 10.2 Å². The van der Waals surface area contributed by atoms with Crippen molar-refractivity contribution in [1.29, 1.82) is 0 Å². The van der Waals surface area contributed by atoms with Gasteiger partial charge in [0.15, 0.2) is 0 Å². The van der Waals surface area contributed by atoms with E-state index in [1.807, 2.05) is 13.8 Å². The summed E-state index contributed by atoms with van der Waals surface area (Å²) in [5.41, 5.74) is -1.42. The Balaban J connectivity index is 2.47. The zero-order chi connectivity index (χ0) is 17.1. The molecule has 1 rings (SSSR count). The van der Waals surface area contributed by atoms with Gasteiger partial charge in [0.2, 0.25) is 17.7 Å². The van der Waals surface area contributed by atoms with E-state index in [2.05, 4.69) is 5.32 Å². The Hall–Kier alpha value is -1.08. The summed E-state index contributed by atoms with van der Waals surface area (Å²) in [7, 11) is 0. The van der Waals surface area contributed by atoms with Crippen molar-refractivity contribution in [3.8, 4) is 0 Å². The lowest BCUT2D eigenvalue weighted by Crippen LogP contribution is -2.48. The first-order chi connectivity index (χ1) is 9.95. The van der Waals surface area contributed by atoms with E-state index in [9.17, 15) is 19.5 Å². The maximum Gasteiger partial charge on any atom is 0.242 e. The van der Waals surface area contributed by atoms with Gasteiger partial charge in [0, 0.05) is 18.5 Å². The number of thioether (sulfide) groups is 1. The normalized spacial score (nSPS) is 19.7. The van der Waals surface area contributed by atoms with E-state index in [0.717, 1.165) is 0 Å². The maximum absolute atomic E-state index is 12.0. The van der Waals surface area contributed by atoms with Crippen molar-refractivity contribution in [2.45, 2.75) is 63.9 Å². The second-order valence-electron chi connectivity index (χ2n) is 6.90. The van der Waals surface area contributed by atoms with Crippen LogP contribution < -0.4 is 5.32 Å². The van der Waals surface area contributed by atoms with Crippen LogP contribution in [0.5, 0.6) is 0 Å². The average Bonchev–Trinajstić information content (AvgIpc) is 2.57. The third kappa shape index (κ3) is 5.61. The van der Waals surface area contributed by atoms with Gasteiger partial charge in [-0.15, -0.1) is 11.8 Å². The Labute approximate surface area is 136 Å². The fourth-order valence-corrected chi connectivity index (χ4v) is 3.79. The predicted octanol–water partition coefficient (Wildman–Crippen LogP) is 0.923. The van der Waals surface area contributed by atoms with Crippen LogP contribution in [0.1, 0.15) is 47.5 Å². The molecule has 1 aliphatic rings. The Morgan fingerprint density at radius 2 is 1.95 bits per heavy atom. The molecule has 126 valence electrons. The number of aliphatic hydroxyl groups is 1. The molecule has 2 N–H and O–H groups in total. The lowest BCUT2D eigenvalue weighted by atomic mass is 9.89. The lowest BCUT2D eigenvalue weighted by molar-refractivity contribution is -0.137. The second-order valence-corrected chi connectivity index (χ2v) is 8.09. The Morgan fingerprint density at radius 1 is 1.36 bits per heavy atom. The molecule has 0 bridgehead atoms. The zero-order valence-electron chi connectivity index (χ0n) is 13.9. The van der Waals surface area contributed by atoms with Crippen molar-refractivity contribution >= 4 is 29.5 Å². The van der Waals surface area contributed by atoms with Gasteiger partial charge in [-0.25, -0.2) is 0 Å². The molecule has 1 atom stereocenters. The van der Waals surface area contributed by atoms with E-state index >= 15 is 0 Å². The molecule has 7 heteroatoms. The summed E-state index contributed by atoms with van der Waals surface area (Å²) in [5, 5.41) is 12.2. The van der Waals surface area contributed by atoms with Crippen molar-refractivity contribution < 1.29 is 19.5 Å². The minimum atomic E-state index is -0.876. The van der Waals surface area contributed by atoms with Gasteiger partial charge in [0.25, 0.3) is 0 Å². The molecule has 6 nitrogen and oxygen atoms in total. The molecule has 0 aromatic carbocycles. The van der Waals surface area contributed by atoms with Gasteiger partial charge in [-0.3, -0.25) is 19.3 Å². The van der Waals surface area contributed by atoms with E-state index in [-0.39, 0.29) is 29.9 Å². The van der Waals surface area contributed by atoms with E-state index in [4.69, 9.17) is 0 Å². The van der Waals surface area contributed by atoms with Gasteiger partial charge < -0.3 is 10.4 Å². The Morgan fingerprint density at radius 3 is 2.41 bits per heavy atom. The minimum absolute atomic E-state index is 0.122. The number of hydrogen-bond acceptors (Lipinski definition) is 5. The summed E-state index contributed by atoms with van der Waals surface area (Å²) in [6.45, 7) is 9.21.